The molecule has 2 amide bonds. The van der Waals surface area contributed by atoms with Gasteiger partial charge in [0.15, 0.2) is 0 Å². The molecule has 2 radical (unpaired) electrons. The lowest BCUT2D eigenvalue weighted by Crippen LogP contribution is -2.34. The normalized spacial score (nSPS) is 19.7. The summed E-state index contributed by atoms with van der Waals surface area (Å²) >= 11 is 1.42. The number of hydrogen-bond acceptors (Lipinski definition) is 6. The van der Waals surface area contributed by atoms with Crippen LogP contribution in [0.25, 0.3) is 11.0 Å². The lowest BCUT2D eigenvalue weighted by Gasteiger charge is -2.29. The van der Waals surface area contributed by atoms with Crippen LogP contribution in [0, 0.1) is 12.3 Å². The summed E-state index contributed by atoms with van der Waals surface area (Å²) in [6, 6.07) is 16.2. The molecule has 38 heavy (non-hydrogen) atoms. The van der Waals surface area contributed by atoms with Gasteiger partial charge in [-0.1, -0.05) is 30.3 Å². The Hall–Kier alpha value is -3.72. The molecule has 8 nitrogen and oxygen atoms in total. The molecule has 4 aromatic rings. The number of rotatable bonds is 7. The third-order valence-electron chi connectivity index (χ3n) is 7.36. The van der Waals surface area contributed by atoms with Gasteiger partial charge in [-0.3, -0.25) is 9.59 Å². The van der Waals surface area contributed by atoms with Crippen LogP contribution in [0.15, 0.2) is 53.9 Å². The van der Waals surface area contributed by atoms with Crippen LogP contribution in [0.4, 0.5) is 11.6 Å². The van der Waals surface area contributed by atoms with E-state index in [0.29, 0.717) is 43.6 Å². The number of fused-ring (bicyclic) bond motifs is 2. The number of carbonyl (C=O) groups is 2. The molecule has 2 aromatic heterocycles. The second-order valence-corrected chi connectivity index (χ2v) is 10.9. The maximum atomic E-state index is 12.8. The molecule has 6 rings (SSSR count). The van der Waals surface area contributed by atoms with Crippen LogP contribution in [0.3, 0.4) is 0 Å². The number of H-pyrrole nitrogens is 1. The molecule has 3 heterocycles. The number of nitrogens with one attached hydrogen (secondary N) is 3. The number of aromatic amines is 1. The summed E-state index contributed by atoms with van der Waals surface area (Å²) < 4.78 is 0. The monoisotopic (exact) mass is 526 g/mol. The molecule has 0 unspecified atom stereocenters. The number of aromatic nitrogens is 3. The van der Waals surface area contributed by atoms with Crippen molar-refractivity contribution in [1.29, 1.82) is 0 Å². The van der Waals surface area contributed by atoms with E-state index in [4.69, 9.17) is 0 Å². The van der Waals surface area contributed by atoms with Crippen molar-refractivity contribution in [3.63, 3.8) is 0 Å². The lowest BCUT2D eigenvalue weighted by atomic mass is 9.86. The summed E-state index contributed by atoms with van der Waals surface area (Å²) in [5.41, 5.74) is 4.21. The van der Waals surface area contributed by atoms with Gasteiger partial charge in [-0.15, -0.1) is 11.3 Å². The van der Waals surface area contributed by atoms with Crippen molar-refractivity contribution in [2.75, 3.05) is 16.8 Å². The topological polar surface area (TPSA) is 103 Å². The highest BCUT2D eigenvalue weighted by atomic mass is 32.1. The molecule has 2 aliphatic rings. The number of carbonyl (C=O) groups excluding carboxylic acids is 2. The fourth-order valence-electron chi connectivity index (χ4n) is 5.28. The van der Waals surface area contributed by atoms with Crippen LogP contribution in [-0.4, -0.2) is 39.4 Å². The van der Waals surface area contributed by atoms with Crippen molar-refractivity contribution in [3.05, 3.63) is 76.6 Å². The molecule has 0 bridgehead atoms. The van der Waals surface area contributed by atoms with E-state index in [1.54, 1.807) is 10.3 Å². The van der Waals surface area contributed by atoms with Gasteiger partial charge < -0.3 is 20.5 Å². The zero-order valence-electron chi connectivity index (χ0n) is 21.1. The highest BCUT2D eigenvalue weighted by Gasteiger charge is 2.25. The summed E-state index contributed by atoms with van der Waals surface area (Å²) in [6.07, 6.45) is 8.51. The van der Waals surface area contributed by atoms with Crippen molar-refractivity contribution in [1.82, 2.24) is 20.3 Å². The average molecular weight is 527 g/mol. The van der Waals surface area contributed by atoms with E-state index in [0.717, 1.165) is 58.9 Å². The molecular weight excluding hydrogens is 496 g/mol. The van der Waals surface area contributed by atoms with E-state index >= 15 is 0 Å². The molecule has 0 atom stereocenters. The number of amides is 2. The van der Waals surface area contributed by atoms with Crippen LogP contribution in [0.5, 0.6) is 0 Å². The number of para-hydroxylation sites is 3. The van der Waals surface area contributed by atoms with Gasteiger partial charge in [-0.25, -0.2) is 9.97 Å². The van der Waals surface area contributed by atoms with Gasteiger partial charge in [0.1, 0.15) is 10.7 Å². The van der Waals surface area contributed by atoms with Crippen LogP contribution in [0.1, 0.15) is 59.6 Å². The predicted octanol–water partition coefficient (Wildman–Crippen LogP) is 5.18. The molecule has 1 fully saturated rings. The van der Waals surface area contributed by atoms with E-state index in [-0.39, 0.29) is 11.8 Å². The first-order chi connectivity index (χ1) is 18.6. The van der Waals surface area contributed by atoms with Gasteiger partial charge >= 0.3 is 0 Å². The highest BCUT2D eigenvalue weighted by molar-refractivity contribution is 7.09. The molecule has 1 saturated carbocycles. The Bertz CT molecular complexity index is 1400. The number of anilines is 2. The van der Waals surface area contributed by atoms with Crippen molar-refractivity contribution in [2.45, 2.75) is 51.1 Å². The molecule has 1 aliphatic heterocycles. The first-order valence-electron chi connectivity index (χ1n) is 13.2. The number of thiazole rings is 1. The zero-order valence-corrected chi connectivity index (χ0v) is 21.9. The summed E-state index contributed by atoms with van der Waals surface area (Å²) in [6.45, 7) is 1.00. The maximum Gasteiger partial charge on any atom is 0.270 e. The fraction of sp³-hybridized carbons (Fsp3) is 0.345. The average Bonchev–Trinajstić information content (AvgIpc) is 3.54. The summed E-state index contributed by atoms with van der Waals surface area (Å²) in [7, 11) is 0. The molecule has 9 heteroatoms. The number of nitrogens with zero attached hydrogens (tertiary/aromatic N) is 3. The Morgan fingerprint density at radius 2 is 1.89 bits per heavy atom. The van der Waals surface area contributed by atoms with Crippen molar-refractivity contribution in [3.8, 4) is 0 Å². The van der Waals surface area contributed by atoms with Gasteiger partial charge in [0, 0.05) is 36.5 Å². The van der Waals surface area contributed by atoms with Gasteiger partial charge in [0.2, 0.25) is 11.9 Å². The van der Waals surface area contributed by atoms with Gasteiger partial charge in [-0.2, -0.15) is 0 Å². The highest BCUT2D eigenvalue weighted by Crippen LogP contribution is 2.30. The van der Waals surface area contributed by atoms with Crippen molar-refractivity contribution < 1.29 is 9.59 Å². The predicted molar refractivity (Wildman–Crippen MR) is 149 cm³/mol. The minimum Gasteiger partial charge on any atom is -0.353 e. The van der Waals surface area contributed by atoms with Gasteiger partial charge in [0.25, 0.3) is 5.91 Å². The molecule has 3 N–H and O–H groups in total. The quantitative estimate of drug-likeness (QED) is 0.308. The molecule has 0 saturated heterocycles. The van der Waals surface area contributed by atoms with Crippen LogP contribution >= 0.6 is 11.3 Å². The summed E-state index contributed by atoms with van der Waals surface area (Å²) in [4.78, 5) is 39.8. The third-order valence-corrected chi connectivity index (χ3v) is 8.19. The van der Waals surface area contributed by atoms with Gasteiger partial charge in [-0.05, 0) is 61.8 Å². The second kappa shape index (κ2) is 10.9. The number of benzene rings is 2. The molecule has 2 aromatic carbocycles. The van der Waals surface area contributed by atoms with Gasteiger partial charge in [0.05, 0.1) is 17.6 Å². The minimum absolute atomic E-state index is 0.0501. The number of imidazole rings is 1. The Morgan fingerprint density at radius 3 is 2.76 bits per heavy atom. The molecule has 194 valence electrons. The van der Waals surface area contributed by atoms with E-state index in [1.807, 2.05) is 48.5 Å². The van der Waals surface area contributed by atoms with E-state index in [2.05, 4.69) is 32.0 Å². The SMILES string of the molecule is O=C(NCC1CCC(Nc2nc3ccccc3[nH]2)CC1)c1csc(CN2C(=O)CC[C]c3ccccc32)n1. The van der Waals surface area contributed by atoms with E-state index in [1.165, 1.54) is 11.3 Å². The second-order valence-electron chi connectivity index (χ2n) is 9.97. The van der Waals surface area contributed by atoms with Crippen molar-refractivity contribution in [2.24, 2.45) is 5.92 Å². The largest absolute Gasteiger partial charge is 0.353 e. The first-order valence-corrected chi connectivity index (χ1v) is 14.1. The summed E-state index contributed by atoms with van der Waals surface area (Å²) in [5, 5.41) is 9.15. The minimum atomic E-state index is -0.153. The maximum absolute atomic E-state index is 12.8. The van der Waals surface area contributed by atoms with Crippen LogP contribution < -0.4 is 15.5 Å². The smallest absolute Gasteiger partial charge is 0.270 e. The first kappa shape index (κ1) is 24.6. The zero-order chi connectivity index (χ0) is 25.9. The van der Waals surface area contributed by atoms with Crippen LogP contribution in [-0.2, 0) is 11.3 Å². The molecule has 0 spiro atoms. The Morgan fingerprint density at radius 1 is 1.08 bits per heavy atom. The molecule has 1 aliphatic carbocycles. The Kier molecular flexibility index (Phi) is 7.09. The number of hydrogen-bond donors (Lipinski definition) is 3. The van der Waals surface area contributed by atoms with Crippen LogP contribution in [0.2, 0.25) is 0 Å². The third kappa shape index (κ3) is 5.43. The summed E-state index contributed by atoms with van der Waals surface area (Å²) in [5.74, 6) is 1.17. The Balaban J connectivity index is 0.991. The standard InChI is InChI=1S/C29H30N6O2S/c36-27-11-5-7-20-6-1-4-10-25(20)35(27)17-26-32-24(18-38-26)28(37)30-16-19-12-14-21(15-13-19)31-29-33-22-8-2-3-9-23(22)34-29/h1-4,6,8-10,18-19,21H,5,11-17H2,(H,30,37)(H2,31,33,34). The van der Waals surface area contributed by atoms with E-state index < -0.39 is 0 Å². The molecular formula is C29H30N6O2S. The van der Waals surface area contributed by atoms with E-state index in [9.17, 15) is 9.59 Å². The van der Waals surface area contributed by atoms with Crippen molar-refractivity contribution >= 4 is 45.8 Å². The lowest BCUT2D eigenvalue weighted by molar-refractivity contribution is -0.118. The Labute approximate surface area is 225 Å². The fourth-order valence-corrected chi connectivity index (χ4v) is 6.04.